The van der Waals surface area contributed by atoms with Gasteiger partial charge in [-0.2, -0.15) is 0 Å². The molecule has 10 heavy (non-hydrogen) atoms. The highest BCUT2D eigenvalue weighted by molar-refractivity contribution is 5.52. The van der Waals surface area contributed by atoms with Crippen molar-refractivity contribution in [1.29, 1.82) is 0 Å². The molecule has 0 amide bonds. The van der Waals surface area contributed by atoms with Crippen molar-refractivity contribution in [1.82, 2.24) is 0 Å². The van der Waals surface area contributed by atoms with Crippen molar-refractivity contribution in [2.24, 2.45) is 0 Å². The zero-order chi connectivity index (χ0) is 7.56. The Hall–Kier alpha value is -1.04. The molecule has 0 aliphatic rings. The molecule has 1 rings (SSSR count). The molecule has 0 aromatic heterocycles. The summed E-state index contributed by atoms with van der Waals surface area (Å²) >= 11 is 0. The fourth-order valence-corrected chi connectivity index (χ4v) is 0.914. The fourth-order valence-electron chi connectivity index (χ4n) is 0.914. The van der Waals surface area contributed by atoms with Gasteiger partial charge in [0.05, 0.1) is 0 Å². The molecule has 0 saturated heterocycles. The monoisotopic (exact) mass is 131 g/mol. The second kappa shape index (κ2) is 2.70. The van der Waals surface area contributed by atoms with E-state index in [4.69, 9.17) is 0 Å². The molecule has 0 atom stereocenters. The predicted molar refractivity (Wildman–Crippen MR) is 44.8 cm³/mol. The molecular formula is C10H11. The second-order valence-corrected chi connectivity index (χ2v) is 2.40. The summed E-state index contributed by atoms with van der Waals surface area (Å²) in [5, 5.41) is 0. The van der Waals surface area contributed by atoms with E-state index in [1.165, 1.54) is 11.1 Å². The highest BCUT2D eigenvalue weighted by Gasteiger charge is 1.94. The Morgan fingerprint density at radius 3 is 2.70 bits per heavy atom. The summed E-state index contributed by atoms with van der Waals surface area (Å²) in [6, 6.07) is 7.10. The van der Waals surface area contributed by atoms with Gasteiger partial charge in [-0.25, -0.2) is 0 Å². The molecule has 0 aliphatic carbocycles. The number of aryl methyl sites for hydroxylation is 1. The molecule has 1 radical (unpaired) electrons. The average Bonchev–Trinajstić information content (AvgIpc) is 1.95. The highest BCUT2D eigenvalue weighted by Crippen LogP contribution is 2.12. The minimum Gasteiger partial charge on any atom is -0.0984 e. The number of hydrogen-bond donors (Lipinski definition) is 0. The lowest BCUT2D eigenvalue weighted by Crippen LogP contribution is -1.83. The standard InChI is InChI=1S/C10H11/c1-4-10-7-5-6-8(2)9(10)3/h4-6H,1H2,2-3H3. The van der Waals surface area contributed by atoms with Crippen molar-refractivity contribution in [3.05, 3.63) is 41.5 Å². The second-order valence-electron chi connectivity index (χ2n) is 2.40. The van der Waals surface area contributed by atoms with Gasteiger partial charge in [0.25, 0.3) is 0 Å². The maximum Gasteiger partial charge on any atom is -0.0103 e. The Morgan fingerprint density at radius 2 is 2.20 bits per heavy atom. The Bertz CT molecular complexity index is 246. The molecule has 0 heterocycles. The van der Waals surface area contributed by atoms with E-state index in [0.29, 0.717) is 0 Å². The van der Waals surface area contributed by atoms with E-state index in [1.807, 2.05) is 12.1 Å². The van der Waals surface area contributed by atoms with Crippen molar-refractivity contribution in [3.63, 3.8) is 0 Å². The summed E-state index contributed by atoms with van der Waals surface area (Å²) in [5.74, 6) is 0. The van der Waals surface area contributed by atoms with Crippen molar-refractivity contribution in [2.45, 2.75) is 13.8 Å². The average molecular weight is 131 g/mol. The van der Waals surface area contributed by atoms with Crippen LogP contribution in [0.25, 0.3) is 6.08 Å². The molecule has 51 valence electrons. The highest BCUT2D eigenvalue weighted by atomic mass is 14.0. The number of benzene rings is 1. The molecule has 0 N–H and O–H groups in total. The smallest absolute Gasteiger partial charge is 0.0103 e. The van der Waals surface area contributed by atoms with Crippen LogP contribution in [-0.2, 0) is 0 Å². The third kappa shape index (κ3) is 1.10. The van der Waals surface area contributed by atoms with Crippen LogP contribution in [0.1, 0.15) is 16.7 Å². The summed E-state index contributed by atoms with van der Waals surface area (Å²) in [5.41, 5.74) is 3.69. The van der Waals surface area contributed by atoms with E-state index in [1.54, 1.807) is 0 Å². The third-order valence-corrected chi connectivity index (χ3v) is 1.77. The van der Waals surface area contributed by atoms with Crippen molar-refractivity contribution in [3.8, 4) is 0 Å². The van der Waals surface area contributed by atoms with Crippen LogP contribution in [0.15, 0.2) is 18.7 Å². The van der Waals surface area contributed by atoms with Gasteiger partial charge in [0.1, 0.15) is 0 Å². The lowest BCUT2D eigenvalue weighted by atomic mass is 10.0. The zero-order valence-corrected chi connectivity index (χ0v) is 6.44. The van der Waals surface area contributed by atoms with Crippen LogP contribution < -0.4 is 0 Å². The minimum absolute atomic E-state index is 1.11. The van der Waals surface area contributed by atoms with E-state index in [2.05, 4.69) is 32.6 Å². The van der Waals surface area contributed by atoms with Crippen LogP contribution in [0.2, 0.25) is 0 Å². The van der Waals surface area contributed by atoms with E-state index in [9.17, 15) is 0 Å². The molecule has 0 heteroatoms. The molecule has 1 aromatic carbocycles. The van der Waals surface area contributed by atoms with E-state index >= 15 is 0 Å². The van der Waals surface area contributed by atoms with Gasteiger partial charge in [-0.3, -0.25) is 0 Å². The van der Waals surface area contributed by atoms with Crippen LogP contribution in [-0.4, -0.2) is 0 Å². The van der Waals surface area contributed by atoms with Crippen LogP contribution in [0.4, 0.5) is 0 Å². The molecule has 0 fully saturated rings. The summed E-state index contributed by atoms with van der Waals surface area (Å²) in [7, 11) is 0. The molecule has 0 saturated carbocycles. The maximum absolute atomic E-state index is 3.70. The van der Waals surface area contributed by atoms with Crippen molar-refractivity contribution >= 4 is 6.08 Å². The fraction of sp³-hybridized carbons (Fsp3) is 0.200. The van der Waals surface area contributed by atoms with Crippen molar-refractivity contribution < 1.29 is 0 Å². The van der Waals surface area contributed by atoms with Crippen LogP contribution >= 0.6 is 0 Å². The van der Waals surface area contributed by atoms with Gasteiger partial charge in [-0.05, 0) is 36.6 Å². The Morgan fingerprint density at radius 1 is 1.50 bits per heavy atom. The van der Waals surface area contributed by atoms with Gasteiger partial charge in [-0.1, -0.05) is 24.8 Å². The molecule has 0 nitrogen and oxygen atoms in total. The Labute approximate surface area is 62.2 Å². The zero-order valence-electron chi connectivity index (χ0n) is 6.44. The van der Waals surface area contributed by atoms with Crippen LogP contribution in [0.5, 0.6) is 0 Å². The normalized spacial score (nSPS) is 9.40. The lowest BCUT2D eigenvalue weighted by molar-refractivity contribution is 1.32. The maximum atomic E-state index is 3.70. The molecule has 0 aliphatic heterocycles. The summed E-state index contributed by atoms with van der Waals surface area (Å²) in [4.78, 5) is 0. The minimum atomic E-state index is 1.11. The molecule has 0 spiro atoms. The Kier molecular flexibility index (Phi) is 1.91. The largest absolute Gasteiger partial charge is 0.0984 e. The van der Waals surface area contributed by atoms with Crippen LogP contribution in [0.3, 0.4) is 0 Å². The first-order valence-electron chi connectivity index (χ1n) is 3.36. The quantitative estimate of drug-likeness (QED) is 0.549. The van der Waals surface area contributed by atoms with E-state index in [-0.39, 0.29) is 0 Å². The van der Waals surface area contributed by atoms with Gasteiger partial charge in [-0.15, -0.1) is 0 Å². The van der Waals surface area contributed by atoms with Gasteiger partial charge >= 0.3 is 0 Å². The van der Waals surface area contributed by atoms with Gasteiger partial charge in [0.15, 0.2) is 0 Å². The summed E-state index contributed by atoms with van der Waals surface area (Å²) < 4.78 is 0. The van der Waals surface area contributed by atoms with Gasteiger partial charge < -0.3 is 0 Å². The number of hydrogen-bond acceptors (Lipinski definition) is 0. The third-order valence-electron chi connectivity index (χ3n) is 1.77. The SMILES string of the molecule is C=Cc1[c]ccc(C)c1C. The van der Waals surface area contributed by atoms with Gasteiger partial charge in [0, 0.05) is 0 Å². The topological polar surface area (TPSA) is 0 Å². The van der Waals surface area contributed by atoms with E-state index < -0.39 is 0 Å². The predicted octanol–water partition coefficient (Wildman–Crippen LogP) is 2.75. The first kappa shape index (κ1) is 7.07. The molecule has 1 aromatic rings. The van der Waals surface area contributed by atoms with Crippen molar-refractivity contribution in [2.75, 3.05) is 0 Å². The molecule has 0 unspecified atom stereocenters. The van der Waals surface area contributed by atoms with Crippen LogP contribution in [0, 0.1) is 19.9 Å². The van der Waals surface area contributed by atoms with E-state index in [0.717, 1.165) is 5.56 Å². The first-order valence-corrected chi connectivity index (χ1v) is 3.36. The lowest BCUT2D eigenvalue weighted by Gasteiger charge is -2.01. The van der Waals surface area contributed by atoms with Gasteiger partial charge in [0.2, 0.25) is 0 Å². The Balaban J connectivity index is 3.27. The number of rotatable bonds is 1. The first-order chi connectivity index (χ1) is 4.75. The summed E-state index contributed by atoms with van der Waals surface area (Å²) in [6.45, 7) is 7.88. The summed E-state index contributed by atoms with van der Waals surface area (Å²) in [6.07, 6.45) is 1.84. The molecule has 0 bridgehead atoms. The molecular weight excluding hydrogens is 120 g/mol.